The molecular weight excluding hydrogens is 510 g/mol. The smallest absolute Gasteiger partial charge is 0.253 e. The van der Waals surface area contributed by atoms with Gasteiger partial charge < -0.3 is 19.9 Å². The van der Waals surface area contributed by atoms with Gasteiger partial charge in [-0.3, -0.25) is 9.59 Å². The van der Waals surface area contributed by atoms with E-state index in [0.717, 1.165) is 62.3 Å². The summed E-state index contributed by atoms with van der Waals surface area (Å²) in [5.74, 6) is 1.18. The van der Waals surface area contributed by atoms with Crippen LogP contribution < -0.4 is 10.1 Å². The average Bonchev–Trinajstić information content (AvgIpc) is 3.01. The Morgan fingerprint density at radius 1 is 1.00 bits per heavy atom. The number of hydrogen-bond acceptors (Lipinski definition) is 4. The fourth-order valence-corrected chi connectivity index (χ4v) is 6.94. The number of benzene rings is 3. The lowest BCUT2D eigenvalue weighted by Gasteiger charge is -2.46. The number of piperidine rings is 1. The fraction of sp³-hybridized carbons (Fsp3) is 0.429. The molecule has 3 aromatic carbocycles. The Hall–Kier alpha value is -3.64. The molecule has 2 aliphatic rings. The van der Waals surface area contributed by atoms with Crippen molar-refractivity contribution in [2.75, 3.05) is 46.4 Å². The van der Waals surface area contributed by atoms with Crippen LogP contribution >= 0.6 is 0 Å². The summed E-state index contributed by atoms with van der Waals surface area (Å²) in [6, 6.07) is 22.6. The van der Waals surface area contributed by atoms with Crippen LogP contribution in [-0.4, -0.2) is 68.0 Å². The molecule has 1 spiro atoms. The molecule has 0 aromatic heterocycles. The molecule has 2 aliphatic heterocycles. The molecule has 0 bridgehead atoms. The van der Waals surface area contributed by atoms with Gasteiger partial charge in [0.15, 0.2) is 0 Å². The van der Waals surface area contributed by atoms with Crippen molar-refractivity contribution in [1.29, 1.82) is 0 Å². The number of methoxy groups -OCH3 is 1. The number of fused-ring (bicyclic) bond motifs is 2. The highest BCUT2D eigenvalue weighted by molar-refractivity contribution is 5.98. The van der Waals surface area contributed by atoms with Crippen molar-refractivity contribution in [3.05, 3.63) is 100 Å². The van der Waals surface area contributed by atoms with E-state index in [4.69, 9.17) is 4.74 Å². The summed E-state index contributed by atoms with van der Waals surface area (Å²) in [6.45, 7) is 11.3. The summed E-state index contributed by atoms with van der Waals surface area (Å²) in [4.78, 5) is 29.9. The predicted molar refractivity (Wildman–Crippen MR) is 164 cm³/mol. The topological polar surface area (TPSA) is 61.9 Å². The van der Waals surface area contributed by atoms with Crippen molar-refractivity contribution in [2.45, 2.75) is 51.4 Å². The molecule has 1 atom stereocenters. The van der Waals surface area contributed by atoms with Gasteiger partial charge in [-0.15, -0.1) is 0 Å². The van der Waals surface area contributed by atoms with Gasteiger partial charge in [0.05, 0.1) is 7.11 Å². The number of para-hydroxylation sites is 1. The van der Waals surface area contributed by atoms with Gasteiger partial charge in [0.1, 0.15) is 5.75 Å². The Balaban J connectivity index is 1.33. The van der Waals surface area contributed by atoms with E-state index in [1.54, 1.807) is 7.11 Å². The Morgan fingerprint density at radius 2 is 1.71 bits per heavy atom. The average molecular weight is 554 g/mol. The lowest BCUT2D eigenvalue weighted by molar-refractivity contribution is 0.0772. The first kappa shape index (κ1) is 28.9. The van der Waals surface area contributed by atoms with Crippen molar-refractivity contribution >= 4 is 11.8 Å². The van der Waals surface area contributed by atoms with Gasteiger partial charge in [-0.05, 0) is 101 Å². The minimum atomic E-state index is 0.0143. The molecule has 1 N–H and O–H groups in total. The SMILES string of the molecule is CCN(CC)C(=O)c1ccc(C(CCN2CCC3(CC2)CNC(=O)c2cccc(C)c23)c2ccccc2OC)cc1. The van der Waals surface area contributed by atoms with Gasteiger partial charge in [0.2, 0.25) is 0 Å². The summed E-state index contributed by atoms with van der Waals surface area (Å²) in [7, 11) is 1.73. The van der Waals surface area contributed by atoms with Crippen molar-refractivity contribution in [2.24, 2.45) is 0 Å². The maximum Gasteiger partial charge on any atom is 0.253 e. The molecule has 0 saturated carbocycles. The van der Waals surface area contributed by atoms with Gasteiger partial charge in [0, 0.05) is 47.7 Å². The van der Waals surface area contributed by atoms with E-state index >= 15 is 0 Å². The number of aryl methyl sites for hydroxylation is 1. The molecule has 3 aromatic rings. The highest BCUT2D eigenvalue weighted by Crippen LogP contribution is 2.41. The van der Waals surface area contributed by atoms with E-state index in [9.17, 15) is 9.59 Å². The van der Waals surface area contributed by atoms with Crippen LogP contribution in [0.2, 0.25) is 0 Å². The third kappa shape index (κ3) is 5.76. The van der Waals surface area contributed by atoms with Gasteiger partial charge in [-0.1, -0.05) is 42.5 Å². The van der Waals surface area contributed by atoms with Crippen LogP contribution in [0.4, 0.5) is 0 Å². The van der Waals surface area contributed by atoms with Gasteiger partial charge >= 0.3 is 0 Å². The maximum atomic E-state index is 12.9. The highest BCUT2D eigenvalue weighted by Gasteiger charge is 2.42. The Bertz CT molecular complexity index is 1370. The van der Waals surface area contributed by atoms with Crippen LogP contribution in [0.5, 0.6) is 5.75 Å². The number of nitrogens with one attached hydrogen (secondary N) is 1. The fourth-order valence-electron chi connectivity index (χ4n) is 6.94. The second kappa shape index (κ2) is 12.5. The zero-order valence-electron chi connectivity index (χ0n) is 24.9. The lowest BCUT2D eigenvalue weighted by Crippen LogP contribution is -2.53. The molecule has 0 radical (unpaired) electrons. The highest BCUT2D eigenvalue weighted by atomic mass is 16.5. The van der Waals surface area contributed by atoms with E-state index in [1.165, 1.54) is 22.3 Å². The van der Waals surface area contributed by atoms with Crippen LogP contribution in [0.15, 0.2) is 66.7 Å². The van der Waals surface area contributed by atoms with E-state index < -0.39 is 0 Å². The van der Waals surface area contributed by atoms with Gasteiger partial charge in [0.25, 0.3) is 11.8 Å². The summed E-state index contributed by atoms with van der Waals surface area (Å²) in [5.41, 5.74) is 6.45. The summed E-state index contributed by atoms with van der Waals surface area (Å²) >= 11 is 0. The molecule has 1 saturated heterocycles. The first-order chi connectivity index (χ1) is 19.9. The van der Waals surface area contributed by atoms with E-state index in [1.807, 2.05) is 55.1 Å². The Labute approximate surface area is 244 Å². The number of ether oxygens (including phenoxy) is 1. The molecule has 5 rings (SSSR count). The molecule has 6 heteroatoms. The van der Waals surface area contributed by atoms with Crippen molar-refractivity contribution in [1.82, 2.24) is 15.1 Å². The standard InChI is InChI=1S/C35H43N3O3/c1-5-38(6-2)34(40)27-16-14-26(15-17-27)28(29-11-7-8-13-31(29)41-4)18-21-37-22-19-35(20-23-37)24-36-33(39)30-12-9-10-25(3)32(30)35/h7-17,28H,5-6,18-24H2,1-4H3,(H,36,39). The predicted octanol–water partition coefficient (Wildman–Crippen LogP) is 5.78. The second-order valence-corrected chi connectivity index (χ2v) is 11.5. The van der Waals surface area contributed by atoms with Crippen LogP contribution in [0, 0.1) is 6.92 Å². The van der Waals surface area contributed by atoms with Crippen molar-refractivity contribution in [3.8, 4) is 5.75 Å². The summed E-state index contributed by atoms with van der Waals surface area (Å²) in [5, 5.41) is 3.18. The maximum absolute atomic E-state index is 12.9. The zero-order valence-corrected chi connectivity index (χ0v) is 24.9. The molecule has 1 unspecified atom stereocenters. The number of likely N-dealkylation sites (tertiary alicyclic amines) is 1. The Kier molecular flexibility index (Phi) is 8.79. The first-order valence-electron chi connectivity index (χ1n) is 15.0. The van der Waals surface area contributed by atoms with Crippen molar-refractivity contribution in [3.63, 3.8) is 0 Å². The molecule has 1 fully saturated rings. The monoisotopic (exact) mass is 553 g/mol. The van der Waals surface area contributed by atoms with E-state index in [2.05, 4.69) is 47.5 Å². The van der Waals surface area contributed by atoms with Crippen molar-refractivity contribution < 1.29 is 14.3 Å². The minimum absolute atomic E-state index is 0.0143. The lowest BCUT2D eigenvalue weighted by atomic mass is 9.67. The number of hydrogen-bond donors (Lipinski definition) is 1. The quantitative estimate of drug-likeness (QED) is 0.365. The molecule has 0 aliphatic carbocycles. The third-order valence-electron chi connectivity index (χ3n) is 9.31. The minimum Gasteiger partial charge on any atom is -0.496 e. The molecule has 216 valence electrons. The van der Waals surface area contributed by atoms with Crippen LogP contribution in [-0.2, 0) is 5.41 Å². The van der Waals surface area contributed by atoms with Crippen LogP contribution in [0.3, 0.4) is 0 Å². The molecule has 41 heavy (non-hydrogen) atoms. The second-order valence-electron chi connectivity index (χ2n) is 11.5. The zero-order chi connectivity index (χ0) is 29.0. The number of carbonyl (C=O) groups is 2. The number of rotatable bonds is 9. The van der Waals surface area contributed by atoms with E-state index in [-0.39, 0.29) is 23.1 Å². The Morgan fingerprint density at radius 3 is 2.39 bits per heavy atom. The number of nitrogens with zero attached hydrogens (tertiary/aromatic N) is 2. The summed E-state index contributed by atoms with van der Waals surface area (Å²) < 4.78 is 5.78. The number of amides is 2. The third-order valence-corrected chi connectivity index (χ3v) is 9.31. The first-order valence-corrected chi connectivity index (χ1v) is 15.0. The molecule has 2 heterocycles. The van der Waals surface area contributed by atoms with Gasteiger partial charge in [-0.2, -0.15) is 0 Å². The van der Waals surface area contributed by atoms with Gasteiger partial charge in [-0.25, -0.2) is 0 Å². The largest absolute Gasteiger partial charge is 0.496 e. The molecule has 2 amide bonds. The normalized spacial score (nSPS) is 17.0. The molecular formula is C35H43N3O3. The molecule has 6 nitrogen and oxygen atoms in total. The van der Waals surface area contributed by atoms with Crippen LogP contribution in [0.1, 0.15) is 82.0 Å². The van der Waals surface area contributed by atoms with E-state index in [0.29, 0.717) is 13.1 Å². The number of carbonyl (C=O) groups excluding carboxylic acids is 2. The summed E-state index contributed by atoms with van der Waals surface area (Å²) in [6.07, 6.45) is 3.02. The van der Waals surface area contributed by atoms with Crippen LogP contribution in [0.25, 0.3) is 0 Å².